The van der Waals surface area contributed by atoms with Crippen molar-refractivity contribution in [2.24, 2.45) is 0 Å². The number of halogens is 2. The van der Waals surface area contributed by atoms with Gasteiger partial charge in [0.05, 0.1) is 27.3 Å². The van der Waals surface area contributed by atoms with Crippen molar-refractivity contribution in [1.82, 2.24) is 29.3 Å². The van der Waals surface area contributed by atoms with Crippen LogP contribution in [0.15, 0.2) is 82.4 Å². The summed E-state index contributed by atoms with van der Waals surface area (Å²) in [5.41, 5.74) is 0.372. The van der Waals surface area contributed by atoms with E-state index in [1.54, 1.807) is 48.5 Å². The van der Waals surface area contributed by atoms with Crippen LogP contribution in [-0.4, -0.2) is 29.3 Å². The highest BCUT2D eigenvalue weighted by Gasteiger charge is 2.17. The third kappa shape index (κ3) is 3.38. The Balaban J connectivity index is 1.68. The van der Waals surface area contributed by atoms with Gasteiger partial charge in [-0.05, 0) is 59.0 Å². The number of fused-ring (bicyclic) bond motifs is 1. The molecule has 0 saturated heterocycles. The molecule has 0 bridgehead atoms. The number of rotatable bonds is 4. The molecule has 158 valence electrons. The Labute approximate surface area is 184 Å². The van der Waals surface area contributed by atoms with Crippen molar-refractivity contribution in [2.45, 2.75) is 6.54 Å². The Morgan fingerprint density at radius 2 is 1.59 bits per heavy atom. The predicted molar refractivity (Wildman–Crippen MR) is 117 cm³/mol. The van der Waals surface area contributed by atoms with Gasteiger partial charge in [-0.15, -0.1) is 0 Å². The molecule has 0 spiro atoms. The van der Waals surface area contributed by atoms with Crippen LogP contribution >= 0.6 is 11.6 Å². The molecule has 0 radical (unpaired) electrons. The molecule has 0 amide bonds. The van der Waals surface area contributed by atoms with E-state index in [-0.39, 0.29) is 17.9 Å². The molecule has 2 aromatic heterocycles. The van der Waals surface area contributed by atoms with Gasteiger partial charge in [0.25, 0.3) is 5.56 Å². The van der Waals surface area contributed by atoms with Crippen LogP contribution in [0.5, 0.6) is 0 Å². The van der Waals surface area contributed by atoms with Crippen LogP contribution in [0.4, 0.5) is 4.39 Å². The number of nitrogens with zero attached hydrogens (tertiary/aromatic N) is 6. The fourth-order valence-corrected chi connectivity index (χ4v) is 3.64. The minimum Gasteiger partial charge on any atom is -0.268 e. The van der Waals surface area contributed by atoms with Gasteiger partial charge in [0.15, 0.2) is 0 Å². The molecular formula is C22H14ClFN6O2. The number of benzene rings is 3. The standard InChI is InChI=1S/C22H14ClFN6O2/c23-17-6-2-4-8-19(17)30-22(32)28(26-27-30)13-20-25-18-7-3-1-5-16(18)21(31)29(20)15-11-9-14(24)10-12-15/h1-12H,13H2. The molecule has 0 N–H and O–H groups in total. The van der Waals surface area contributed by atoms with Crippen LogP contribution in [0, 0.1) is 5.82 Å². The van der Waals surface area contributed by atoms with E-state index in [1.165, 1.54) is 28.8 Å². The van der Waals surface area contributed by atoms with Gasteiger partial charge in [0.2, 0.25) is 0 Å². The molecule has 8 nitrogen and oxygen atoms in total. The summed E-state index contributed by atoms with van der Waals surface area (Å²) in [6, 6.07) is 19.1. The largest absolute Gasteiger partial charge is 0.368 e. The quantitative estimate of drug-likeness (QED) is 0.422. The molecule has 3 aromatic carbocycles. The van der Waals surface area contributed by atoms with Crippen molar-refractivity contribution in [3.8, 4) is 11.4 Å². The summed E-state index contributed by atoms with van der Waals surface area (Å²) in [4.78, 5) is 30.8. The minimum atomic E-state index is -0.550. The third-order valence-electron chi connectivity index (χ3n) is 4.94. The summed E-state index contributed by atoms with van der Waals surface area (Å²) in [6.07, 6.45) is 0. The second kappa shape index (κ2) is 7.86. The van der Waals surface area contributed by atoms with Gasteiger partial charge in [-0.3, -0.25) is 9.36 Å². The molecule has 10 heteroatoms. The Hall–Kier alpha value is -4.11. The topological polar surface area (TPSA) is 87.6 Å². The van der Waals surface area contributed by atoms with Crippen molar-refractivity contribution >= 4 is 22.5 Å². The van der Waals surface area contributed by atoms with E-state index in [9.17, 15) is 14.0 Å². The fourth-order valence-electron chi connectivity index (χ4n) is 3.42. The van der Waals surface area contributed by atoms with E-state index in [0.29, 0.717) is 27.3 Å². The minimum absolute atomic E-state index is 0.138. The zero-order valence-corrected chi connectivity index (χ0v) is 17.1. The molecule has 32 heavy (non-hydrogen) atoms. The van der Waals surface area contributed by atoms with Crippen LogP contribution in [0.25, 0.3) is 22.3 Å². The molecule has 5 rings (SSSR count). The number of hydrogen-bond donors (Lipinski definition) is 0. The second-order valence-corrected chi connectivity index (χ2v) is 7.35. The summed E-state index contributed by atoms with van der Waals surface area (Å²) in [5, 5.41) is 8.58. The highest BCUT2D eigenvalue weighted by atomic mass is 35.5. The SMILES string of the molecule is O=c1n(Cc2nc3ccccc3c(=O)n2-c2ccc(F)cc2)nnn1-c1ccccc1Cl. The number of tetrazole rings is 1. The molecule has 2 heterocycles. The first-order chi connectivity index (χ1) is 15.5. The van der Waals surface area contributed by atoms with E-state index in [1.807, 2.05) is 0 Å². The lowest BCUT2D eigenvalue weighted by atomic mass is 10.2. The first-order valence-corrected chi connectivity index (χ1v) is 9.95. The van der Waals surface area contributed by atoms with E-state index >= 15 is 0 Å². The maximum Gasteiger partial charge on any atom is 0.368 e. The van der Waals surface area contributed by atoms with Gasteiger partial charge >= 0.3 is 5.69 Å². The summed E-state index contributed by atoms with van der Waals surface area (Å²) in [6.45, 7) is -0.138. The second-order valence-electron chi connectivity index (χ2n) is 6.94. The Morgan fingerprint density at radius 3 is 2.38 bits per heavy atom. The molecule has 0 aliphatic carbocycles. The molecule has 0 unspecified atom stereocenters. The van der Waals surface area contributed by atoms with Gasteiger partial charge in [-0.1, -0.05) is 35.9 Å². The van der Waals surface area contributed by atoms with Crippen molar-refractivity contribution in [3.63, 3.8) is 0 Å². The monoisotopic (exact) mass is 448 g/mol. The summed E-state index contributed by atoms with van der Waals surface area (Å²) < 4.78 is 17.0. The Kier molecular flexibility index (Phi) is 4.87. The maximum absolute atomic E-state index is 13.5. The lowest BCUT2D eigenvalue weighted by molar-refractivity contribution is 0.594. The molecule has 0 fully saturated rings. The van der Waals surface area contributed by atoms with Gasteiger partial charge < -0.3 is 0 Å². The van der Waals surface area contributed by atoms with E-state index < -0.39 is 11.5 Å². The molecule has 0 saturated carbocycles. The number of aromatic nitrogens is 6. The van der Waals surface area contributed by atoms with E-state index in [4.69, 9.17) is 11.6 Å². The average Bonchev–Trinajstić information content (AvgIpc) is 3.15. The van der Waals surface area contributed by atoms with Crippen molar-refractivity contribution in [2.75, 3.05) is 0 Å². The maximum atomic E-state index is 13.5. The van der Waals surface area contributed by atoms with Crippen LogP contribution in [0.3, 0.4) is 0 Å². The molecule has 0 atom stereocenters. The lowest BCUT2D eigenvalue weighted by Gasteiger charge is -2.13. The van der Waals surface area contributed by atoms with Crippen molar-refractivity contribution in [1.29, 1.82) is 0 Å². The van der Waals surface area contributed by atoms with E-state index in [0.717, 1.165) is 9.36 Å². The van der Waals surface area contributed by atoms with Gasteiger partial charge in [-0.25, -0.2) is 14.2 Å². The van der Waals surface area contributed by atoms with Crippen LogP contribution in [0.1, 0.15) is 5.82 Å². The average molecular weight is 449 g/mol. The van der Waals surface area contributed by atoms with Gasteiger partial charge in [0.1, 0.15) is 18.2 Å². The molecule has 0 aliphatic heterocycles. The molecule has 0 aliphatic rings. The Morgan fingerprint density at radius 1 is 0.875 bits per heavy atom. The predicted octanol–water partition coefficient (Wildman–Crippen LogP) is 2.97. The van der Waals surface area contributed by atoms with Gasteiger partial charge in [-0.2, -0.15) is 9.36 Å². The van der Waals surface area contributed by atoms with Crippen molar-refractivity contribution in [3.05, 3.63) is 110 Å². The summed E-state index contributed by atoms with van der Waals surface area (Å²) in [7, 11) is 0. The van der Waals surface area contributed by atoms with Gasteiger partial charge in [0, 0.05) is 0 Å². The fraction of sp³-hybridized carbons (Fsp3) is 0.0455. The lowest BCUT2D eigenvalue weighted by Crippen LogP contribution is -2.30. The van der Waals surface area contributed by atoms with Crippen molar-refractivity contribution < 1.29 is 4.39 Å². The van der Waals surface area contributed by atoms with Crippen LogP contribution < -0.4 is 11.2 Å². The number of hydrogen-bond acceptors (Lipinski definition) is 5. The highest BCUT2D eigenvalue weighted by Crippen LogP contribution is 2.17. The Bertz CT molecular complexity index is 1570. The summed E-state index contributed by atoms with van der Waals surface area (Å²) in [5.74, 6) is -0.190. The number of para-hydroxylation sites is 2. The molecular weight excluding hydrogens is 435 g/mol. The smallest absolute Gasteiger partial charge is 0.268 e. The van der Waals surface area contributed by atoms with Crippen LogP contribution in [-0.2, 0) is 6.54 Å². The third-order valence-corrected chi connectivity index (χ3v) is 5.26. The zero-order valence-electron chi connectivity index (χ0n) is 16.4. The highest BCUT2D eigenvalue weighted by molar-refractivity contribution is 6.32. The van der Waals surface area contributed by atoms with E-state index in [2.05, 4.69) is 15.4 Å². The first kappa shape index (κ1) is 19.8. The molecule has 5 aromatic rings. The normalized spacial score (nSPS) is 11.2. The first-order valence-electron chi connectivity index (χ1n) is 9.57. The van der Waals surface area contributed by atoms with Crippen LogP contribution in [0.2, 0.25) is 5.02 Å². The summed E-state index contributed by atoms with van der Waals surface area (Å²) >= 11 is 6.18. The zero-order chi connectivity index (χ0) is 22.2.